The van der Waals surface area contributed by atoms with Crippen molar-refractivity contribution in [2.45, 2.75) is 84.7 Å². The van der Waals surface area contributed by atoms with Crippen LogP contribution in [0, 0.1) is 0 Å². The second-order valence-corrected chi connectivity index (χ2v) is 5.84. The van der Waals surface area contributed by atoms with Gasteiger partial charge < -0.3 is 9.47 Å². The monoisotopic (exact) mass is 310 g/mol. The summed E-state index contributed by atoms with van der Waals surface area (Å²) in [6, 6.07) is 0. The standard InChI is InChI=1S/C20H38O2/c1-4-7-10-12-14-17-21-19-20(16-9-6-3)22-18-15-13-11-8-5-2/h4-5,7-8,20H,6,9-19H2,1-3H3/b7-4+,8-5+. The molecule has 0 rings (SSSR count). The molecule has 0 aliphatic rings. The highest BCUT2D eigenvalue weighted by atomic mass is 16.5. The average molecular weight is 311 g/mol. The minimum atomic E-state index is 0.289. The van der Waals surface area contributed by atoms with Crippen LogP contribution in [0.2, 0.25) is 0 Å². The molecule has 0 aromatic carbocycles. The summed E-state index contributed by atoms with van der Waals surface area (Å²) in [7, 11) is 0. The first-order valence-corrected chi connectivity index (χ1v) is 9.26. The minimum Gasteiger partial charge on any atom is -0.379 e. The van der Waals surface area contributed by atoms with E-state index in [1.165, 1.54) is 38.5 Å². The summed E-state index contributed by atoms with van der Waals surface area (Å²) >= 11 is 0. The molecule has 0 saturated heterocycles. The van der Waals surface area contributed by atoms with Crippen LogP contribution in [0.3, 0.4) is 0 Å². The molecular weight excluding hydrogens is 272 g/mol. The fourth-order valence-corrected chi connectivity index (χ4v) is 2.28. The number of ether oxygens (including phenoxy) is 2. The van der Waals surface area contributed by atoms with Crippen LogP contribution in [0.4, 0.5) is 0 Å². The third-order valence-electron chi connectivity index (χ3n) is 3.68. The predicted octanol–water partition coefficient (Wildman–Crippen LogP) is 6.07. The Morgan fingerprint density at radius 1 is 0.818 bits per heavy atom. The Labute approximate surface area is 139 Å². The van der Waals surface area contributed by atoms with Crippen molar-refractivity contribution >= 4 is 0 Å². The number of allylic oxidation sites excluding steroid dienone is 4. The summed E-state index contributed by atoms with van der Waals surface area (Å²) in [4.78, 5) is 0. The van der Waals surface area contributed by atoms with Gasteiger partial charge >= 0.3 is 0 Å². The number of hydrogen-bond donors (Lipinski definition) is 0. The van der Waals surface area contributed by atoms with Gasteiger partial charge in [-0.2, -0.15) is 0 Å². The molecule has 0 spiro atoms. The predicted molar refractivity (Wildman–Crippen MR) is 97.4 cm³/mol. The van der Waals surface area contributed by atoms with Crippen molar-refractivity contribution in [3.8, 4) is 0 Å². The Balaban J connectivity index is 3.64. The van der Waals surface area contributed by atoms with Gasteiger partial charge in [-0.15, -0.1) is 0 Å². The van der Waals surface area contributed by atoms with Crippen LogP contribution in [0.1, 0.15) is 78.6 Å². The van der Waals surface area contributed by atoms with Crippen LogP contribution >= 0.6 is 0 Å². The molecule has 0 heterocycles. The second kappa shape index (κ2) is 18.4. The molecule has 1 unspecified atom stereocenters. The zero-order valence-electron chi connectivity index (χ0n) is 15.2. The highest BCUT2D eigenvalue weighted by Crippen LogP contribution is 2.08. The van der Waals surface area contributed by atoms with E-state index in [-0.39, 0.29) is 6.10 Å². The van der Waals surface area contributed by atoms with Gasteiger partial charge in [-0.1, -0.05) is 44.1 Å². The normalized spacial score (nSPS) is 13.4. The fraction of sp³-hybridized carbons (Fsp3) is 0.800. The van der Waals surface area contributed by atoms with Crippen molar-refractivity contribution in [3.05, 3.63) is 24.3 Å². The average Bonchev–Trinajstić information content (AvgIpc) is 2.54. The maximum atomic E-state index is 6.01. The molecule has 0 aromatic heterocycles. The van der Waals surface area contributed by atoms with Gasteiger partial charge in [-0.05, 0) is 58.8 Å². The molecule has 0 amide bonds. The van der Waals surface area contributed by atoms with Crippen molar-refractivity contribution in [3.63, 3.8) is 0 Å². The third kappa shape index (κ3) is 15.8. The number of unbranched alkanes of at least 4 members (excludes halogenated alkanes) is 5. The molecule has 2 nitrogen and oxygen atoms in total. The maximum absolute atomic E-state index is 6.01. The Bertz CT molecular complexity index is 258. The lowest BCUT2D eigenvalue weighted by Crippen LogP contribution is -2.21. The Morgan fingerprint density at radius 2 is 1.45 bits per heavy atom. The van der Waals surface area contributed by atoms with Gasteiger partial charge in [-0.3, -0.25) is 0 Å². The molecule has 0 N–H and O–H groups in total. The van der Waals surface area contributed by atoms with Gasteiger partial charge in [0, 0.05) is 13.2 Å². The lowest BCUT2D eigenvalue weighted by atomic mass is 10.1. The minimum absolute atomic E-state index is 0.289. The largest absolute Gasteiger partial charge is 0.379 e. The van der Waals surface area contributed by atoms with E-state index in [0.29, 0.717) is 0 Å². The van der Waals surface area contributed by atoms with Crippen LogP contribution in [0.25, 0.3) is 0 Å². The smallest absolute Gasteiger partial charge is 0.0808 e. The first-order chi connectivity index (χ1) is 10.8. The van der Waals surface area contributed by atoms with E-state index in [1.54, 1.807) is 0 Å². The lowest BCUT2D eigenvalue weighted by molar-refractivity contribution is -0.0230. The quantitative estimate of drug-likeness (QED) is 0.254. The second-order valence-electron chi connectivity index (χ2n) is 5.84. The fourth-order valence-electron chi connectivity index (χ4n) is 2.28. The Hall–Kier alpha value is -0.600. The molecule has 0 aliphatic heterocycles. The number of rotatable bonds is 16. The summed E-state index contributed by atoms with van der Waals surface area (Å²) < 4.78 is 11.8. The van der Waals surface area contributed by atoms with Crippen LogP contribution < -0.4 is 0 Å². The molecule has 0 radical (unpaired) electrons. The van der Waals surface area contributed by atoms with E-state index < -0.39 is 0 Å². The van der Waals surface area contributed by atoms with Gasteiger partial charge in [0.25, 0.3) is 0 Å². The summed E-state index contributed by atoms with van der Waals surface area (Å²) in [5, 5.41) is 0. The zero-order valence-corrected chi connectivity index (χ0v) is 15.2. The topological polar surface area (TPSA) is 18.5 Å². The van der Waals surface area contributed by atoms with Crippen molar-refractivity contribution in [2.75, 3.05) is 19.8 Å². The van der Waals surface area contributed by atoms with E-state index in [9.17, 15) is 0 Å². The van der Waals surface area contributed by atoms with Crippen molar-refractivity contribution in [1.82, 2.24) is 0 Å². The van der Waals surface area contributed by atoms with Gasteiger partial charge in [0.2, 0.25) is 0 Å². The first-order valence-electron chi connectivity index (χ1n) is 9.26. The Morgan fingerprint density at radius 3 is 2.05 bits per heavy atom. The van der Waals surface area contributed by atoms with Crippen LogP contribution in [-0.2, 0) is 9.47 Å². The summed E-state index contributed by atoms with van der Waals surface area (Å²) in [6.45, 7) is 8.88. The molecule has 22 heavy (non-hydrogen) atoms. The van der Waals surface area contributed by atoms with E-state index in [2.05, 4.69) is 45.1 Å². The van der Waals surface area contributed by atoms with Gasteiger partial charge in [0.15, 0.2) is 0 Å². The molecule has 0 fully saturated rings. The van der Waals surface area contributed by atoms with E-state index in [1.807, 2.05) is 0 Å². The summed E-state index contributed by atoms with van der Waals surface area (Å²) in [5.41, 5.74) is 0. The van der Waals surface area contributed by atoms with E-state index >= 15 is 0 Å². The van der Waals surface area contributed by atoms with Gasteiger partial charge in [0.05, 0.1) is 12.7 Å². The van der Waals surface area contributed by atoms with Crippen LogP contribution in [-0.4, -0.2) is 25.9 Å². The SMILES string of the molecule is C/C=C/CCCCOCC(CCCC)OCCCC/C=C/C. The van der Waals surface area contributed by atoms with Gasteiger partial charge in [-0.25, -0.2) is 0 Å². The lowest BCUT2D eigenvalue weighted by Gasteiger charge is -2.18. The molecule has 1 atom stereocenters. The van der Waals surface area contributed by atoms with Crippen LogP contribution in [0.5, 0.6) is 0 Å². The van der Waals surface area contributed by atoms with Gasteiger partial charge in [0.1, 0.15) is 0 Å². The summed E-state index contributed by atoms with van der Waals surface area (Å²) in [5.74, 6) is 0. The van der Waals surface area contributed by atoms with E-state index in [4.69, 9.17) is 9.47 Å². The van der Waals surface area contributed by atoms with E-state index in [0.717, 1.165) is 39.1 Å². The highest BCUT2D eigenvalue weighted by molar-refractivity contribution is 4.76. The third-order valence-corrected chi connectivity index (χ3v) is 3.68. The molecule has 0 saturated carbocycles. The maximum Gasteiger partial charge on any atom is 0.0808 e. The molecule has 0 aliphatic carbocycles. The molecular formula is C20H38O2. The van der Waals surface area contributed by atoms with Crippen molar-refractivity contribution < 1.29 is 9.47 Å². The van der Waals surface area contributed by atoms with Crippen molar-refractivity contribution in [2.24, 2.45) is 0 Å². The molecule has 130 valence electrons. The summed E-state index contributed by atoms with van der Waals surface area (Å²) in [6.07, 6.45) is 19.6. The first kappa shape index (κ1) is 21.4. The molecule has 2 heteroatoms. The zero-order chi connectivity index (χ0) is 16.3. The Kier molecular flexibility index (Phi) is 17.9. The van der Waals surface area contributed by atoms with Crippen LogP contribution in [0.15, 0.2) is 24.3 Å². The van der Waals surface area contributed by atoms with Crippen molar-refractivity contribution in [1.29, 1.82) is 0 Å². The molecule has 0 bridgehead atoms. The number of hydrogen-bond acceptors (Lipinski definition) is 2. The molecule has 0 aromatic rings. The highest BCUT2D eigenvalue weighted by Gasteiger charge is 2.08.